The molecule has 0 amide bonds. The molecular formula is C16H15Cl2NO2S. The average molecular weight is 356 g/mol. The lowest BCUT2D eigenvalue weighted by Crippen LogP contribution is -2.06. The van der Waals surface area contributed by atoms with Crippen LogP contribution in [-0.2, 0) is 16.1 Å². The van der Waals surface area contributed by atoms with Gasteiger partial charge in [-0.15, -0.1) is 23.2 Å². The number of alkyl halides is 2. The monoisotopic (exact) mass is 355 g/mol. The van der Waals surface area contributed by atoms with Gasteiger partial charge in [-0.3, -0.25) is 9.78 Å². The first-order valence-corrected chi connectivity index (χ1v) is 8.74. The number of carbonyl (C=O) groups excluding carboxylic acids is 1. The van der Waals surface area contributed by atoms with Gasteiger partial charge in [0.2, 0.25) is 0 Å². The lowest BCUT2D eigenvalue weighted by Gasteiger charge is -2.06. The molecule has 1 fully saturated rings. The van der Waals surface area contributed by atoms with Crippen LogP contribution in [0, 0.1) is 5.92 Å². The highest BCUT2D eigenvalue weighted by Crippen LogP contribution is 2.55. The molecule has 1 unspecified atom stereocenters. The van der Waals surface area contributed by atoms with Crippen molar-refractivity contribution >= 4 is 40.5 Å². The van der Waals surface area contributed by atoms with E-state index >= 15 is 0 Å². The summed E-state index contributed by atoms with van der Waals surface area (Å²) in [5, 5.41) is 4.08. The van der Waals surface area contributed by atoms with Crippen LogP contribution in [0.2, 0.25) is 0 Å². The Bertz CT molecular complexity index is 658. The van der Waals surface area contributed by atoms with Gasteiger partial charge in [0.25, 0.3) is 0 Å². The van der Waals surface area contributed by atoms with E-state index < -0.39 is 4.33 Å². The Kier molecular flexibility index (Phi) is 4.71. The van der Waals surface area contributed by atoms with Crippen LogP contribution >= 0.6 is 34.5 Å². The molecule has 0 radical (unpaired) electrons. The van der Waals surface area contributed by atoms with E-state index in [9.17, 15) is 4.79 Å². The third-order valence-corrected chi connectivity index (χ3v) is 5.31. The largest absolute Gasteiger partial charge is 0.461 e. The number of ether oxygens (including phenoxy) is 1. The van der Waals surface area contributed by atoms with Gasteiger partial charge < -0.3 is 4.74 Å². The van der Waals surface area contributed by atoms with Crippen molar-refractivity contribution in [3.05, 3.63) is 40.8 Å². The Hall–Kier alpha value is -1.10. The van der Waals surface area contributed by atoms with Crippen LogP contribution in [0.3, 0.4) is 0 Å². The molecular weight excluding hydrogens is 341 g/mol. The number of carbonyl (C=O) groups is 1. The molecule has 0 N–H and O–H groups in total. The summed E-state index contributed by atoms with van der Waals surface area (Å²) in [6.45, 7) is 0.237. The number of hydrogen-bond donors (Lipinski definition) is 0. The summed E-state index contributed by atoms with van der Waals surface area (Å²) in [6.07, 6.45) is 5.31. The normalized spacial score (nSPS) is 18.9. The fourth-order valence-corrected chi connectivity index (χ4v) is 3.52. The van der Waals surface area contributed by atoms with Gasteiger partial charge in [0, 0.05) is 29.9 Å². The minimum absolute atomic E-state index is 0.215. The fraction of sp³-hybridized carbons (Fsp3) is 0.375. The second kappa shape index (κ2) is 6.57. The quantitative estimate of drug-likeness (QED) is 0.550. The SMILES string of the molecule is O=C(CCC1CC1(Cl)Cl)OCc1cncc(-c2ccsc2)c1. The van der Waals surface area contributed by atoms with Crippen molar-refractivity contribution in [2.75, 3.05) is 0 Å². The van der Waals surface area contributed by atoms with E-state index in [-0.39, 0.29) is 18.5 Å². The lowest BCUT2D eigenvalue weighted by atomic mass is 10.1. The van der Waals surface area contributed by atoms with Gasteiger partial charge in [0.1, 0.15) is 10.9 Å². The maximum atomic E-state index is 11.7. The second-order valence-electron chi connectivity index (χ2n) is 5.46. The van der Waals surface area contributed by atoms with E-state index in [0.29, 0.717) is 12.8 Å². The Morgan fingerprint density at radius 2 is 2.23 bits per heavy atom. The van der Waals surface area contributed by atoms with Crippen molar-refractivity contribution in [1.82, 2.24) is 4.98 Å². The molecule has 0 saturated heterocycles. The number of thiophene rings is 1. The summed E-state index contributed by atoms with van der Waals surface area (Å²) in [5.74, 6) is -0.0102. The average Bonchev–Trinajstić information content (AvgIpc) is 2.93. The van der Waals surface area contributed by atoms with Crippen molar-refractivity contribution in [2.24, 2.45) is 5.92 Å². The van der Waals surface area contributed by atoms with Gasteiger partial charge in [-0.25, -0.2) is 0 Å². The molecule has 1 aliphatic rings. The molecule has 2 aromatic heterocycles. The van der Waals surface area contributed by atoms with E-state index in [2.05, 4.69) is 10.4 Å². The van der Waals surface area contributed by atoms with Crippen LogP contribution in [0.15, 0.2) is 35.3 Å². The summed E-state index contributed by atoms with van der Waals surface area (Å²) in [7, 11) is 0. The van der Waals surface area contributed by atoms with Crippen molar-refractivity contribution in [3.8, 4) is 11.1 Å². The molecule has 0 bridgehead atoms. The van der Waals surface area contributed by atoms with E-state index in [1.165, 1.54) is 0 Å². The predicted octanol–water partition coefficient (Wildman–Crippen LogP) is 4.83. The first-order valence-electron chi connectivity index (χ1n) is 7.04. The van der Waals surface area contributed by atoms with Gasteiger partial charge in [0.05, 0.1) is 0 Å². The van der Waals surface area contributed by atoms with Gasteiger partial charge in [0.15, 0.2) is 0 Å². The number of pyridine rings is 1. The van der Waals surface area contributed by atoms with Crippen molar-refractivity contribution in [3.63, 3.8) is 0 Å². The highest BCUT2D eigenvalue weighted by molar-refractivity contribution is 7.08. The molecule has 116 valence electrons. The van der Waals surface area contributed by atoms with Crippen molar-refractivity contribution < 1.29 is 9.53 Å². The number of halogens is 2. The van der Waals surface area contributed by atoms with Crippen LogP contribution < -0.4 is 0 Å². The van der Waals surface area contributed by atoms with Gasteiger partial charge in [-0.2, -0.15) is 11.3 Å². The smallest absolute Gasteiger partial charge is 0.306 e. The van der Waals surface area contributed by atoms with E-state index in [1.807, 2.05) is 17.5 Å². The van der Waals surface area contributed by atoms with Crippen molar-refractivity contribution in [2.45, 2.75) is 30.2 Å². The predicted molar refractivity (Wildman–Crippen MR) is 89.1 cm³/mol. The number of hydrogen-bond acceptors (Lipinski definition) is 4. The summed E-state index contributed by atoms with van der Waals surface area (Å²) in [6, 6.07) is 4.03. The molecule has 6 heteroatoms. The fourth-order valence-electron chi connectivity index (χ4n) is 2.26. The molecule has 3 nitrogen and oxygen atoms in total. The molecule has 0 aliphatic heterocycles. The molecule has 2 heterocycles. The third-order valence-electron chi connectivity index (χ3n) is 3.70. The molecule has 2 aromatic rings. The van der Waals surface area contributed by atoms with E-state index in [0.717, 1.165) is 23.1 Å². The van der Waals surface area contributed by atoms with Gasteiger partial charge in [-0.05, 0) is 47.2 Å². The maximum absolute atomic E-state index is 11.7. The van der Waals surface area contributed by atoms with Gasteiger partial charge >= 0.3 is 5.97 Å². The minimum atomic E-state index is -0.626. The topological polar surface area (TPSA) is 39.2 Å². The Morgan fingerprint density at radius 1 is 1.41 bits per heavy atom. The van der Waals surface area contributed by atoms with Crippen molar-refractivity contribution in [1.29, 1.82) is 0 Å². The Labute approximate surface area is 143 Å². The molecule has 1 saturated carbocycles. The van der Waals surface area contributed by atoms with Gasteiger partial charge in [-0.1, -0.05) is 0 Å². The zero-order valence-corrected chi connectivity index (χ0v) is 14.1. The van der Waals surface area contributed by atoms with Crippen LogP contribution in [0.4, 0.5) is 0 Å². The minimum Gasteiger partial charge on any atom is -0.461 e. The zero-order valence-electron chi connectivity index (χ0n) is 11.8. The summed E-state index contributed by atoms with van der Waals surface area (Å²) < 4.78 is 4.66. The van der Waals surface area contributed by atoms with Crippen LogP contribution in [0.1, 0.15) is 24.8 Å². The number of nitrogens with zero attached hydrogens (tertiary/aromatic N) is 1. The van der Waals surface area contributed by atoms with E-state index in [1.54, 1.807) is 23.7 Å². The number of rotatable bonds is 6. The molecule has 0 aromatic carbocycles. The molecule has 1 atom stereocenters. The van der Waals surface area contributed by atoms with Crippen LogP contribution in [0.5, 0.6) is 0 Å². The first kappa shape index (κ1) is 15.8. The Balaban J connectivity index is 1.49. The molecule has 3 rings (SSSR count). The maximum Gasteiger partial charge on any atom is 0.306 e. The number of aromatic nitrogens is 1. The summed E-state index contributed by atoms with van der Waals surface area (Å²) in [5.41, 5.74) is 3.04. The summed E-state index contributed by atoms with van der Waals surface area (Å²) >= 11 is 13.5. The van der Waals surface area contributed by atoms with Crippen LogP contribution in [-0.4, -0.2) is 15.3 Å². The summed E-state index contributed by atoms with van der Waals surface area (Å²) in [4.78, 5) is 15.9. The molecule has 22 heavy (non-hydrogen) atoms. The first-order chi connectivity index (χ1) is 10.5. The molecule has 0 spiro atoms. The standard InChI is InChI=1S/C16H15Cl2NO2S/c17-16(18)6-14(16)1-2-15(20)21-9-11-5-13(8-19-7-11)12-3-4-22-10-12/h3-5,7-8,10,14H,1-2,6,9H2. The second-order valence-corrected chi connectivity index (χ2v) is 7.78. The highest BCUT2D eigenvalue weighted by Gasteiger charge is 2.51. The number of esters is 1. The zero-order chi connectivity index (χ0) is 15.6. The van der Waals surface area contributed by atoms with E-state index in [4.69, 9.17) is 27.9 Å². The van der Waals surface area contributed by atoms with Crippen LogP contribution in [0.25, 0.3) is 11.1 Å². The third kappa shape index (κ3) is 4.00. The molecule has 1 aliphatic carbocycles. The Morgan fingerprint density at radius 3 is 2.91 bits per heavy atom. The lowest BCUT2D eigenvalue weighted by molar-refractivity contribution is -0.145. The highest BCUT2D eigenvalue weighted by atomic mass is 35.5.